The Morgan fingerprint density at radius 1 is 0.978 bits per heavy atom. The molecule has 0 spiro atoms. The maximum absolute atomic E-state index is 14.2. The molecule has 1 aliphatic heterocycles. The van der Waals surface area contributed by atoms with Crippen molar-refractivity contribution in [3.05, 3.63) is 95.1 Å². The number of carbonyl (C=O) groups is 1. The van der Waals surface area contributed by atoms with Crippen molar-refractivity contribution in [2.45, 2.75) is 0 Å². The largest absolute Gasteiger partial charge is 0.378 e. The number of carbonyl (C=O) groups excluding carboxylic acids is 1. The number of nitrogens with one attached hydrogen (secondary N) is 2. The van der Waals surface area contributed by atoms with Crippen LogP contribution in [0.3, 0.4) is 0 Å². The molecule has 0 atom stereocenters. The topological polar surface area (TPSA) is 95.5 Å². The van der Waals surface area contributed by atoms with Crippen LogP contribution in [-0.4, -0.2) is 61.3 Å². The van der Waals surface area contributed by atoms with E-state index >= 15 is 0 Å². The lowest BCUT2D eigenvalue weighted by atomic mass is 10.1. The van der Waals surface area contributed by atoms with E-state index in [2.05, 4.69) is 20.5 Å². The van der Waals surface area contributed by atoms with Crippen molar-refractivity contribution >= 4 is 57.0 Å². The number of ether oxygens (including phenoxy) is 1. The summed E-state index contributed by atoms with van der Waals surface area (Å²) in [6, 6.07) is 17.7. The van der Waals surface area contributed by atoms with Crippen molar-refractivity contribution in [2.24, 2.45) is 0 Å². The van der Waals surface area contributed by atoms with Crippen molar-refractivity contribution in [2.75, 3.05) is 60.8 Å². The molecule has 2 N–H and O–H groups in total. The number of hydrogen-bond acceptors (Lipinski definition) is 9. The van der Waals surface area contributed by atoms with E-state index in [0.717, 1.165) is 46.6 Å². The zero-order valence-electron chi connectivity index (χ0n) is 24.4. The van der Waals surface area contributed by atoms with Crippen molar-refractivity contribution in [3.8, 4) is 21.8 Å². The highest BCUT2D eigenvalue weighted by Gasteiger charge is 2.21. The summed E-state index contributed by atoms with van der Waals surface area (Å²) < 4.78 is 33.9. The van der Waals surface area contributed by atoms with Crippen LogP contribution in [0.5, 0.6) is 0 Å². The molecule has 1 aliphatic rings. The van der Waals surface area contributed by atoms with Gasteiger partial charge < -0.3 is 25.2 Å². The number of aromatic nitrogens is 3. The average Bonchev–Trinajstić information content (AvgIpc) is 3.48. The maximum Gasteiger partial charge on any atom is 0.261 e. The highest BCUT2D eigenvalue weighted by Crippen LogP contribution is 2.40. The van der Waals surface area contributed by atoms with E-state index in [1.54, 1.807) is 30.5 Å². The number of amides is 1. The predicted molar refractivity (Wildman–Crippen MR) is 175 cm³/mol. The summed E-state index contributed by atoms with van der Waals surface area (Å²) in [6.07, 6.45) is 1.66. The second-order valence-corrected chi connectivity index (χ2v) is 11.7. The fraction of sp³-hybridized carbons (Fsp3) is 0.188. The van der Waals surface area contributed by atoms with Gasteiger partial charge in [-0.2, -0.15) is 0 Å². The van der Waals surface area contributed by atoms with E-state index in [9.17, 15) is 13.6 Å². The zero-order chi connectivity index (χ0) is 31.5. The maximum atomic E-state index is 14.2. The Kier molecular flexibility index (Phi) is 8.87. The van der Waals surface area contributed by atoms with Crippen LogP contribution in [0.25, 0.3) is 21.8 Å². The summed E-state index contributed by atoms with van der Waals surface area (Å²) in [5.74, 6) is -2.39. The second-order valence-electron chi connectivity index (χ2n) is 10.4. The van der Waals surface area contributed by atoms with Crippen LogP contribution in [0, 0.1) is 11.6 Å². The van der Waals surface area contributed by atoms with Gasteiger partial charge in [-0.15, -0.1) is 0 Å². The Morgan fingerprint density at radius 2 is 1.73 bits per heavy atom. The van der Waals surface area contributed by atoms with Gasteiger partial charge in [0.15, 0.2) is 5.13 Å². The van der Waals surface area contributed by atoms with Gasteiger partial charge in [0.1, 0.15) is 17.2 Å². The van der Waals surface area contributed by atoms with Crippen LogP contribution in [0.2, 0.25) is 5.02 Å². The van der Waals surface area contributed by atoms with Gasteiger partial charge in [0.2, 0.25) is 5.95 Å². The molecule has 45 heavy (non-hydrogen) atoms. The molecule has 3 aromatic carbocycles. The van der Waals surface area contributed by atoms with Crippen LogP contribution >= 0.6 is 22.9 Å². The van der Waals surface area contributed by atoms with E-state index in [0.29, 0.717) is 46.8 Å². The molecule has 1 fully saturated rings. The summed E-state index contributed by atoms with van der Waals surface area (Å²) >= 11 is 8.08. The molecule has 6 rings (SSSR count). The fourth-order valence-electron chi connectivity index (χ4n) is 4.84. The zero-order valence-corrected chi connectivity index (χ0v) is 25.9. The minimum Gasteiger partial charge on any atom is -0.378 e. The highest BCUT2D eigenvalue weighted by atomic mass is 35.5. The van der Waals surface area contributed by atoms with E-state index in [1.807, 2.05) is 43.3 Å². The molecule has 0 aliphatic carbocycles. The van der Waals surface area contributed by atoms with Crippen molar-refractivity contribution in [1.29, 1.82) is 0 Å². The van der Waals surface area contributed by atoms with Crippen LogP contribution < -0.4 is 20.4 Å². The Balaban J connectivity index is 1.28. The average molecular weight is 648 g/mol. The van der Waals surface area contributed by atoms with Gasteiger partial charge in [0.05, 0.1) is 40.2 Å². The third kappa shape index (κ3) is 6.72. The number of thiazole rings is 1. The van der Waals surface area contributed by atoms with E-state index < -0.39 is 23.1 Å². The van der Waals surface area contributed by atoms with Crippen molar-refractivity contribution < 1.29 is 18.3 Å². The van der Waals surface area contributed by atoms with Gasteiger partial charge in [-0.25, -0.2) is 23.7 Å². The molecule has 230 valence electrons. The second kappa shape index (κ2) is 13.1. The van der Waals surface area contributed by atoms with Crippen molar-refractivity contribution in [3.63, 3.8) is 0 Å². The summed E-state index contributed by atoms with van der Waals surface area (Å²) in [5.41, 5.74) is 3.33. The van der Waals surface area contributed by atoms with Gasteiger partial charge in [-0.1, -0.05) is 41.1 Å². The predicted octanol–water partition coefficient (Wildman–Crippen LogP) is 7.10. The highest BCUT2D eigenvalue weighted by molar-refractivity contribution is 7.19. The standard InChI is InChI=1S/C32H28ClF2N7O2S/c1-41(2)32-40-28(19-5-3-6-20(17-19)37-30(43)27-23(34)7-4-8-24(27)35)29(45-32)25-11-12-36-31(39-25)38-21-9-10-26(22(33)18-21)42-13-15-44-16-14-42/h3-12,17-18H,13-16H2,1-2H3,(H,37,43)(H,36,38,39). The first-order valence-electron chi connectivity index (χ1n) is 14.0. The molecule has 13 heteroatoms. The van der Waals surface area contributed by atoms with Gasteiger partial charge >= 0.3 is 0 Å². The lowest BCUT2D eigenvalue weighted by Crippen LogP contribution is -2.36. The van der Waals surface area contributed by atoms with E-state index in [4.69, 9.17) is 26.3 Å². The van der Waals surface area contributed by atoms with Crippen molar-refractivity contribution in [1.82, 2.24) is 15.0 Å². The minimum atomic E-state index is -0.940. The molecule has 2 aromatic heterocycles. The van der Waals surface area contributed by atoms with E-state index in [-0.39, 0.29) is 0 Å². The third-order valence-corrected chi connectivity index (χ3v) is 8.57. The van der Waals surface area contributed by atoms with Crippen LogP contribution in [0.4, 0.5) is 36.9 Å². The molecule has 0 saturated carbocycles. The van der Waals surface area contributed by atoms with Gasteiger partial charge in [0, 0.05) is 50.3 Å². The summed E-state index contributed by atoms with van der Waals surface area (Å²) in [7, 11) is 3.78. The number of morpholine rings is 1. The van der Waals surface area contributed by atoms with E-state index in [1.165, 1.54) is 17.4 Å². The van der Waals surface area contributed by atoms with Gasteiger partial charge in [-0.05, 0) is 48.5 Å². The SMILES string of the molecule is CN(C)c1nc(-c2cccc(NC(=O)c3c(F)cccc3F)c2)c(-c2ccnc(Nc3ccc(N4CCOCC4)c(Cl)c3)n2)s1. The number of rotatable bonds is 8. The Hall–Kier alpha value is -4.65. The lowest BCUT2D eigenvalue weighted by molar-refractivity contribution is 0.101. The van der Waals surface area contributed by atoms with Gasteiger partial charge in [0.25, 0.3) is 5.91 Å². The third-order valence-electron chi connectivity index (χ3n) is 7.03. The molecule has 3 heterocycles. The number of hydrogen-bond donors (Lipinski definition) is 2. The molecule has 0 unspecified atom stereocenters. The first-order valence-corrected chi connectivity index (χ1v) is 15.2. The van der Waals surface area contributed by atoms with Crippen LogP contribution in [0.1, 0.15) is 10.4 Å². The Bertz CT molecular complexity index is 1840. The van der Waals surface area contributed by atoms with Gasteiger partial charge in [-0.3, -0.25) is 4.79 Å². The Morgan fingerprint density at radius 3 is 2.47 bits per heavy atom. The Labute approximate surface area is 267 Å². The van der Waals surface area contributed by atoms with Crippen LogP contribution in [0.15, 0.2) is 72.9 Å². The van der Waals surface area contributed by atoms with Crippen LogP contribution in [-0.2, 0) is 4.74 Å². The molecule has 1 amide bonds. The molecule has 9 nitrogen and oxygen atoms in total. The number of nitrogens with zero attached hydrogens (tertiary/aromatic N) is 5. The first-order chi connectivity index (χ1) is 21.8. The molecular formula is C32H28ClF2N7O2S. The molecule has 0 radical (unpaired) electrons. The quantitative estimate of drug-likeness (QED) is 0.184. The summed E-state index contributed by atoms with van der Waals surface area (Å²) in [5, 5.41) is 7.19. The minimum absolute atomic E-state index is 0.355. The summed E-state index contributed by atoms with van der Waals surface area (Å²) in [4.78, 5) is 31.6. The smallest absolute Gasteiger partial charge is 0.261 e. The molecule has 0 bridgehead atoms. The normalized spacial score (nSPS) is 13.0. The molecule has 1 saturated heterocycles. The molecular weight excluding hydrogens is 620 g/mol. The fourth-order valence-corrected chi connectivity index (χ4v) is 6.12. The number of benzene rings is 3. The lowest BCUT2D eigenvalue weighted by Gasteiger charge is -2.29. The first kappa shape index (κ1) is 30.4. The molecule has 5 aromatic rings. The number of anilines is 5. The number of halogens is 3. The summed E-state index contributed by atoms with van der Waals surface area (Å²) in [6.45, 7) is 2.89. The monoisotopic (exact) mass is 647 g/mol.